The van der Waals surface area contributed by atoms with Gasteiger partial charge in [-0.2, -0.15) is 0 Å². The molecule has 0 aliphatic rings. The van der Waals surface area contributed by atoms with Gasteiger partial charge in [0, 0.05) is 5.46 Å². The highest BCUT2D eigenvalue weighted by molar-refractivity contribution is 6.58. The maximum absolute atomic E-state index is 13.5. The number of hydrogen-bond donors (Lipinski definition) is 2. The summed E-state index contributed by atoms with van der Waals surface area (Å²) in [6.07, 6.45) is 8.14. The van der Waals surface area contributed by atoms with Gasteiger partial charge in [-0.3, -0.25) is 0 Å². The van der Waals surface area contributed by atoms with Crippen LogP contribution in [-0.4, -0.2) is 17.2 Å². The summed E-state index contributed by atoms with van der Waals surface area (Å²) < 4.78 is 13.5. The topological polar surface area (TPSA) is 40.5 Å². The van der Waals surface area contributed by atoms with Crippen LogP contribution in [0, 0.1) is 5.82 Å². The van der Waals surface area contributed by atoms with E-state index >= 15 is 0 Å². The summed E-state index contributed by atoms with van der Waals surface area (Å²) in [4.78, 5) is 0. The van der Waals surface area contributed by atoms with Crippen molar-refractivity contribution >= 4 is 12.6 Å². The summed E-state index contributed by atoms with van der Waals surface area (Å²) in [6, 6.07) is 4.62. The van der Waals surface area contributed by atoms with Gasteiger partial charge < -0.3 is 10.0 Å². The predicted molar refractivity (Wildman–Crippen MR) is 73.3 cm³/mol. The van der Waals surface area contributed by atoms with Crippen molar-refractivity contribution in [2.75, 3.05) is 0 Å². The van der Waals surface area contributed by atoms with Crippen LogP contribution in [0.25, 0.3) is 0 Å². The van der Waals surface area contributed by atoms with Crippen molar-refractivity contribution in [3.63, 3.8) is 0 Å². The van der Waals surface area contributed by atoms with Crippen LogP contribution in [-0.2, 0) is 6.42 Å². The third-order valence-corrected chi connectivity index (χ3v) is 3.16. The van der Waals surface area contributed by atoms with Crippen molar-refractivity contribution in [3.05, 3.63) is 29.6 Å². The minimum Gasteiger partial charge on any atom is -0.423 e. The smallest absolute Gasteiger partial charge is 0.423 e. The Morgan fingerprint density at radius 1 is 1.06 bits per heavy atom. The second-order valence-electron chi connectivity index (χ2n) is 4.75. The molecule has 0 fully saturated rings. The van der Waals surface area contributed by atoms with Gasteiger partial charge in [-0.25, -0.2) is 4.39 Å². The molecule has 1 aromatic carbocycles. The SMILES string of the molecule is CCCCCCCCc1ccc(B(O)O)c(F)c1. The molecule has 0 aliphatic heterocycles. The van der Waals surface area contributed by atoms with E-state index in [4.69, 9.17) is 10.0 Å². The zero-order valence-corrected chi connectivity index (χ0v) is 11.0. The lowest BCUT2D eigenvalue weighted by molar-refractivity contribution is 0.423. The van der Waals surface area contributed by atoms with Gasteiger partial charge >= 0.3 is 7.12 Å². The summed E-state index contributed by atoms with van der Waals surface area (Å²) in [5.74, 6) is -0.534. The molecule has 2 nitrogen and oxygen atoms in total. The minimum atomic E-state index is -1.73. The molecule has 0 aromatic heterocycles. The zero-order chi connectivity index (χ0) is 13.4. The molecule has 0 saturated heterocycles. The highest BCUT2D eigenvalue weighted by Crippen LogP contribution is 2.10. The molecule has 0 bridgehead atoms. The molecule has 2 N–H and O–H groups in total. The van der Waals surface area contributed by atoms with Crippen molar-refractivity contribution < 1.29 is 14.4 Å². The Bertz CT molecular complexity index is 356. The third-order valence-electron chi connectivity index (χ3n) is 3.16. The fourth-order valence-corrected chi connectivity index (χ4v) is 2.04. The second-order valence-corrected chi connectivity index (χ2v) is 4.75. The fourth-order valence-electron chi connectivity index (χ4n) is 2.04. The molecule has 0 saturated carbocycles. The van der Waals surface area contributed by atoms with Crippen molar-refractivity contribution in [1.82, 2.24) is 0 Å². The van der Waals surface area contributed by atoms with Gasteiger partial charge in [-0.15, -0.1) is 0 Å². The van der Waals surface area contributed by atoms with Crippen LogP contribution in [0.4, 0.5) is 4.39 Å². The molecule has 0 unspecified atom stereocenters. The maximum Gasteiger partial charge on any atom is 0.491 e. The van der Waals surface area contributed by atoms with E-state index in [9.17, 15) is 4.39 Å². The van der Waals surface area contributed by atoms with Crippen LogP contribution in [0.1, 0.15) is 51.0 Å². The summed E-state index contributed by atoms with van der Waals surface area (Å²) >= 11 is 0. The first-order chi connectivity index (χ1) is 8.65. The Morgan fingerprint density at radius 3 is 2.33 bits per heavy atom. The Hall–Kier alpha value is -0.865. The Labute approximate surface area is 109 Å². The van der Waals surface area contributed by atoms with Crippen LogP contribution in [0.3, 0.4) is 0 Å². The molecular weight excluding hydrogens is 230 g/mol. The molecule has 0 amide bonds. The average Bonchev–Trinajstić information content (AvgIpc) is 2.33. The summed E-state index contributed by atoms with van der Waals surface area (Å²) in [5.41, 5.74) is 0.870. The van der Waals surface area contributed by atoms with Crippen LogP contribution >= 0.6 is 0 Å². The monoisotopic (exact) mass is 252 g/mol. The van der Waals surface area contributed by atoms with Gasteiger partial charge in [-0.1, -0.05) is 51.2 Å². The van der Waals surface area contributed by atoms with Crippen LogP contribution < -0.4 is 5.46 Å². The predicted octanol–water partition coefficient (Wildman–Crippen LogP) is 2.41. The fraction of sp³-hybridized carbons (Fsp3) is 0.571. The second kappa shape index (κ2) is 8.27. The largest absolute Gasteiger partial charge is 0.491 e. The lowest BCUT2D eigenvalue weighted by Gasteiger charge is -2.05. The highest BCUT2D eigenvalue weighted by Gasteiger charge is 2.16. The van der Waals surface area contributed by atoms with E-state index < -0.39 is 12.9 Å². The normalized spacial score (nSPS) is 10.7. The number of hydrogen-bond acceptors (Lipinski definition) is 2. The molecule has 4 heteroatoms. The Morgan fingerprint density at radius 2 is 1.72 bits per heavy atom. The lowest BCUT2D eigenvalue weighted by Crippen LogP contribution is -2.32. The van der Waals surface area contributed by atoms with E-state index in [-0.39, 0.29) is 5.46 Å². The molecule has 0 radical (unpaired) electrons. The first kappa shape index (κ1) is 15.2. The number of halogens is 1. The van der Waals surface area contributed by atoms with E-state index in [1.165, 1.54) is 44.2 Å². The van der Waals surface area contributed by atoms with E-state index in [0.717, 1.165) is 18.4 Å². The van der Waals surface area contributed by atoms with Crippen molar-refractivity contribution in [2.45, 2.75) is 51.9 Å². The van der Waals surface area contributed by atoms with Gasteiger partial charge in [0.2, 0.25) is 0 Å². The van der Waals surface area contributed by atoms with Gasteiger partial charge in [0.05, 0.1) is 0 Å². The first-order valence-electron chi connectivity index (χ1n) is 6.79. The van der Waals surface area contributed by atoms with Crippen molar-refractivity contribution in [2.24, 2.45) is 0 Å². The van der Waals surface area contributed by atoms with Gasteiger partial charge in [0.25, 0.3) is 0 Å². The average molecular weight is 252 g/mol. The summed E-state index contributed by atoms with van der Waals surface area (Å²) in [6.45, 7) is 2.19. The van der Waals surface area contributed by atoms with Gasteiger partial charge in [0.1, 0.15) is 5.82 Å². The molecular formula is C14H22BFO2. The lowest BCUT2D eigenvalue weighted by atomic mass is 9.79. The van der Waals surface area contributed by atoms with Crippen LogP contribution in [0.15, 0.2) is 18.2 Å². The van der Waals surface area contributed by atoms with Crippen LogP contribution in [0.5, 0.6) is 0 Å². The molecule has 0 aliphatic carbocycles. The standard InChI is InChI=1S/C14H22BFO2/c1-2-3-4-5-6-7-8-12-9-10-13(15(17)18)14(16)11-12/h9-11,17-18H,2-8H2,1H3. The zero-order valence-electron chi connectivity index (χ0n) is 11.0. The third kappa shape index (κ3) is 5.19. The highest BCUT2D eigenvalue weighted by atomic mass is 19.1. The van der Waals surface area contributed by atoms with E-state index in [2.05, 4.69) is 6.92 Å². The Kier molecular flexibility index (Phi) is 6.98. The number of aryl methyl sites for hydroxylation is 1. The molecule has 0 heterocycles. The molecule has 0 atom stereocenters. The Balaban J connectivity index is 2.33. The quantitative estimate of drug-likeness (QED) is 0.551. The van der Waals surface area contributed by atoms with Crippen LogP contribution in [0.2, 0.25) is 0 Å². The summed E-state index contributed by atoms with van der Waals surface area (Å²) in [5, 5.41) is 17.8. The van der Waals surface area contributed by atoms with Crippen molar-refractivity contribution in [3.8, 4) is 0 Å². The molecule has 1 aromatic rings. The minimum absolute atomic E-state index is 0.0540. The van der Waals surface area contributed by atoms with Gasteiger partial charge in [-0.05, 0) is 24.5 Å². The molecule has 18 heavy (non-hydrogen) atoms. The first-order valence-corrected chi connectivity index (χ1v) is 6.79. The number of benzene rings is 1. The number of unbranched alkanes of at least 4 members (excludes halogenated alkanes) is 5. The molecule has 100 valence electrons. The summed E-state index contributed by atoms with van der Waals surface area (Å²) in [7, 11) is -1.73. The van der Waals surface area contributed by atoms with E-state index in [0.29, 0.717) is 0 Å². The van der Waals surface area contributed by atoms with E-state index in [1.54, 1.807) is 6.07 Å². The van der Waals surface area contributed by atoms with Gasteiger partial charge in [0.15, 0.2) is 0 Å². The molecule has 1 rings (SSSR count). The maximum atomic E-state index is 13.5. The van der Waals surface area contributed by atoms with E-state index in [1.807, 2.05) is 0 Å². The number of rotatable bonds is 8. The molecule has 0 spiro atoms. The van der Waals surface area contributed by atoms with Crippen molar-refractivity contribution in [1.29, 1.82) is 0 Å².